The maximum atomic E-state index is 11.5. The molecule has 17 heavy (non-hydrogen) atoms. The van der Waals surface area contributed by atoms with Crippen LogP contribution in [0.1, 0.15) is 59.3 Å². The van der Waals surface area contributed by atoms with Crippen LogP contribution in [0.5, 0.6) is 0 Å². The van der Waals surface area contributed by atoms with Gasteiger partial charge in [-0.05, 0) is 49.4 Å². The van der Waals surface area contributed by atoms with Crippen molar-refractivity contribution in [3.63, 3.8) is 0 Å². The standard InChI is InChI=1S/C15H26O2/c1-4-14(2,10-16)13-8-7-11-12(17)6-5-9-15(11,13)3/h10-13,17H,4-9H2,1-3H3/t11-,12-,13+,14+,15+/m0/s1. The molecule has 2 saturated carbocycles. The van der Waals surface area contributed by atoms with Gasteiger partial charge in [-0.25, -0.2) is 0 Å². The summed E-state index contributed by atoms with van der Waals surface area (Å²) < 4.78 is 0. The van der Waals surface area contributed by atoms with Crippen LogP contribution in [0.4, 0.5) is 0 Å². The first-order chi connectivity index (χ1) is 7.98. The van der Waals surface area contributed by atoms with E-state index >= 15 is 0 Å². The molecule has 0 unspecified atom stereocenters. The van der Waals surface area contributed by atoms with E-state index in [9.17, 15) is 9.90 Å². The lowest BCUT2D eigenvalue weighted by molar-refractivity contribution is -0.123. The molecule has 2 aliphatic rings. The van der Waals surface area contributed by atoms with Crippen molar-refractivity contribution in [1.82, 2.24) is 0 Å². The summed E-state index contributed by atoms with van der Waals surface area (Å²) in [6, 6.07) is 0. The van der Waals surface area contributed by atoms with Gasteiger partial charge in [-0.15, -0.1) is 0 Å². The minimum absolute atomic E-state index is 0.133. The van der Waals surface area contributed by atoms with E-state index in [0.717, 1.165) is 32.1 Å². The van der Waals surface area contributed by atoms with Gasteiger partial charge in [0.1, 0.15) is 6.29 Å². The quantitative estimate of drug-likeness (QED) is 0.767. The lowest BCUT2D eigenvalue weighted by Gasteiger charge is -2.47. The van der Waals surface area contributed by atoms with Gasteiger partial charge in [0.2, 0.25) is 0 Å². The SMILES string of the molecule is CC[C@](C)(C=O)[C@H]1CC[C@H]2[C@@H](O)CCC[C@]21C. The molecular formula is C15H26O2. The van der Waals surface area contributed by atoms with Crippen LogP contribution in [-0.4, -0.2) is 17.5 Å². The molecule has 0 amide bonds. The highest BCUT2D eigenvalue weighted by molar-refractivity contribution is 5.59. The first-order valence-corrected chi connectivity index (χ1v) is 7.12. The molecule has 0 saturated heterocycles. The van der Waals surface area contributed by atoms with Crippen molar-refractivity contribution in [2.45, 2.75) is 65.4 Å². The average Bonchev–Trinajstić information content (AvgIpc) is 2.67. The monoisotopic (exact) mass is 238 g/mol. The first-order valence-electron chi connectivity index (χ1n) is 7.12. The number of carbonyl (C=O) groups is 1. The van der Waals surface area contributed by atoms with E-state index in [0.29, 0.717) is 11.8 Å². The van der Waals surface area contributed by atoms with Crippen molar-refractivity contribution in [2.75, 3.05) is 0 Å². The minimum Gasteiger partial charge on any atom is -0.393 e. The lowest BCUT2D eigenvalue weighted by Crippen LogP contribution is -2.45. The van der Waals surface area contributed by atoms with Crippen LogP contribution in [0.3, 0.4) is 0 Å². The van der Waals surface area contributed by atoms with Gasteiger partial charge < -0.3 is 9.90 Å². The highest BCUT2D eigenvalue weighted by atomic mass is 16.3. The van der Waals surface area contributed by atoms with Crippen LogP contribution < -0.4 is 0 Å². The third-order valence-electron chi connectivity index (χ3n) is 5.92. The smallest absolute Gasteiger partial charge is 0.126 e. The topological polar surface area (TPSA) is 37.3 Å². The summed E-state index contributed by atoms with van der Waals surface area (Å²) in [6.45, 7) is 6.54. The molecule has 0 radical (unpaired) electrons. The Morgan fingerprint density at radius 1 is 1.41 bits per heavy atom. The highest BCUT2D eigenvalue weighted by Gasteiger charge is 2.55. The number of hydrogen-bond acceptors (Lipinski definition) is 2. The van der Waals surface area contributed by atoms with E-state index in [1.165, 1.54) is 12.7 Å². The molecule has 5 atom stereocenters. The van der Waals surface area contributed by atoms with Crippen LogP contribution in [0.2, 0.25) is 0 Å². The third-order valence-corrected chi connectivity index (χ3v) is 5.92. The van der Waals surface area contributed by atoms with Crippen molar-refractivity contribution < 1.29 is 9.90 Å². The number of aliphatic hydroxyl groups excluding tert-OH is 1. The summed E-state index contributed by atoms with van der Waals surface area (Å²) in [7, 11) is 0. The molecule has 2 fully saturated rings. The second-order valence-corrected chi connectivity index (χ2v) is 6.68. The van der Waals surface area contributed by atoms with Crippen molar-refractivity contribution in [1.29, 1.82) is 0 Å². The molecule has 2 heteroatoms. The highest BCUT2D eigenvalue weighted by Crippen LogP contribution is 2.60. The number of hydrogen-bond donors (Lipinski definition) is 1. The van der Waals surface area contributed by atoms with E-state index in [4.69, 9.17) is 0 Å². The zero-order valence-electron chi connectivity index (χ0n) is 11.4. The van der Waals surface area contributed by atoms with Gasteiger partial charge in [0.15, 0.2) is 0 Å². The second kappa shape index (κ2) is 4.38. The zero-order valence-corrected chi connectivity index (χ0v) is 11.4. The number of fused-ring (bicyclic) bond motifs is 1. The summed E-state index contributed by atoms with van der Waals surface area (Å²) in [4.78, 5) is 11.5. The van der Waals surface area contributed by atoms with E-state index in [1.807, 2.05) is 0 Å². The van der Waals surface area contributed by atoms with Gasteiger partial charge in [0, 0.05) is 5.41 Å². The fraction of sp³-hybridized carbons (Fsp3) is 0.933. The maximum absolute atomic E-state index is 11.5. The van der Waals surface area contributed by atoms with Gasteiger partial charge in [0.25, 0.3) is 0 Å². The van der Waals surface area contributed by atoms with Crippen LogP contribution in [-0.2, 0) is 4.79 Å². The number of aliphatic hydroxyl groups is 1. The van der Waals surface area contributed by atoms with Crippen LogP contribution >= 0.6 is 0 Å². The first kappa shape index (κ1) is 13.1. The van der Waals surface area contributed by atoms with E-state index in [-0.39, 0.29) is 16.9 Å². The Hall–Kier alpha value is -0.370. The number of rotatable bonds is 3. The molecule has 1 N–H and O–H groups in total. The molecule has 0 aromatic rings. The molecule has 0 aromatic heterocycles. The molecule has 0 aromatic carbocycles. The molecule has 0 heterocycles. The van der Waals surface area contributed by atoms with Crippen molar-refractivity contribution >= 4 is 6.29 Å². The summed E-state index contributed by atoms with van der Waals surface area (Å²) in [5.74, 6) is 0.879. The van der Waals surface area contributed by atoms with Gasteiger partial charge in [-0.1, -0.05) is 27.2 Å². The molecule has 2 nitrogen and oxygen atoms in total. The zero-order chi connectivity index (χ0) is 12.7. The normalized spacial score (nSPS) is 45.1. The molecule has 0 spiro atoms. The fourth-order valence-corrected chi connectivity index (χ4v) is 4.64. The lowest BCUT2D eigenvalue weighted by atomic mass is 9.57. The summed E-state index contributed by atoms with van der Waals surface area (Å²) in [5, 5.41) is 10.2. The Labute approximate surface area is 105 Å². The molecule has 0 bridgehead atoms. The predicted molar refractivity (Wildman–Crippen MR) is 68.6 cm³/mol. The van der Waals surface area contributed by atoms with Crippen molar-refractivity contribution in [3.05, 3.63) is 0 Å². The largest absolute Gasteiger partial charge is 0.393 e. The number of aldehydes is 1. The predicted octanol–water partition coefficient (Wildman–Crippen LogP) is 3.18. The Morgan fingerprint density at radius 3 is 2.71 bits per heavy atom. The Kier molecular flexibility index (Phi) is 3.37. The molecule has 0 aliphatic heterocycles. The summed E-state index contributed by atoms with van der Waals surface area (Å²) in [6.07, 6.45) is 7.42. The van der Waals surface area contributed by atoms with E-state index < -0.39 is 0 Å². The van der Waals surface area contributed by atoms with Gasteiger partial charge in [0.05, 0.1) is 6.10 Å². The molecule has 2 rings (SSSR count). The molecule has 98 valence electrons. The van der Waals surface area contributed by atoms with Crippen molar-refractivity contribution in [2.24, 2.45) is 22.7 Å². The van der Waals surface area contributed by atoms with Gasteiger partial charge in [-0.3, -0.25) is 0 Å². The average molecular weight is 238 g/mol. The van der Waals surface area contributed by atoms with E-state index in [2.05, 4.69) is 20.8 Å². The van der Waals surface area contributed by atoms with Crippen molar-refractivity contribution in [3.8, 4) is 0 Å². The van der Waals surface area contributed by atoms with Crippen LogP contribution in [0, 0.1) is 22.7 Å². The van der Waals surface area contributed by atoms with Crippen LogP contribution in [0.25, 0.3) is 0 Å². The Morgan fingerprint density at radius 2 is 2.12 bits per heavy atom. The summed E-state index contributed by atoms with van der Waals surface area (Å²) in [5.41, 5.74) is -0.0100. The number of carbonyl (C=O) groups excluding carboxylic acids is 1. The summed E-state index contributed by atoms with van der Waals surface area (Å²) >= 11 is 0. The molecular weight excluding hydrogens is 212 g/mol. The fourth-order valence-electron chi connectivity index (χ4n) is 4.64. The second-order valence-electron chi connectivity index (χ2n) is 6.68. The maximum Gasteiger partial charge on any atom is 0.126 e. The van der Waals surface area contributed by atoms with Gasteiger partial charge in [-0.2, -0.15) is 0 Å². The third kappa shape index (κ3) is 1.85. The Bertz CT molecular complexity index is 301. The van der Waals surface area contributed by atoms with E-state index in [1.54, 1.807) is 0 Å². The molecule has 2 aliphatic carbocycles. The van der Waals surface area contributed by atoms with Gasteiger partial charge >= 0.3 is 0 Å². The Balaban J connectivity index is 2.29. The van der Waals surface area contributed by atoms with Crippen LogP contribution in [0.15, 0.2) is 0 Å². The minimum atomic E-state index is -0.194.